The lowest BCUT2D eigenvalue weighted by molar-refractivity contribution is -0.144. The first-order valence-corrected chi connectivity index (χ1v) is 13.8. The zero-order valence-corrected chi connectivity index (χ0v) is 21.9. The standard InChI is InChI=1S/C27H32N2O8S/c1-35-22-11-13-24(14-12-22)38(33,34)28(37-23-9-5-6-10-23)18-26(30)25(17-20-7-3-2-4-8-20)29(27(31)32)21-15-16-36-19-21/h2-4,7-8,11-16,19,23,25-26,30H,5-6,9-10,17-18H2,1H3,(H,31,32)/t25-,26-/m0/s1. The predicted octanol–water partition coefficient (Wildman–Crippen LogP) is 4.31. The average Bonchev–Trinajstić information content (AvgIpc) is 3.63. The van der Waals surface area contributed by atoms with Gasteiger partial charge in [-0.3, -0.25) is 9.74 Å². The fourth-order valence-corrected chi connectivity index (χ4v) is 5.89. The summed E-state index contributed by atoms with van der Waals surface area (Å²) in [6, 6.07) is 15.4. The van der Waals surface area contributed by atoms with Crippen molar-refractivity contribution in [2.75, 3.05) is 18.6 Å². The van der Waals surface area contributed by atoms with Crippen molar-refractivity contribution in [1.29, 1.82) is 0 Å². The van der Waals surface area contributed by atoms with Crippen molar-refractivity contribution < 1.29 is 37.4 Å². The largest absolute Gasteiger partial charge is 0.497 e. The van der Waals surface area contributed by atoms with Gasteiger partial charge >= 0.3 is 6.09 Å². The number of rotatable bonds is 12. The number of methoxy groups -OCH3 is 1. The lowest BCUT2D eigenvalue weighted by atomic mass is 9.99. The van der Waals surface area contributed by atoms with Gasteiger partial charge in [-0.25, -0.2) is 13.2 Å². The lowest BCUT2D eigenvalue weighted by Gasteiger charge is -2.35. The number of carboxylic acid groups (broad SMARTS) is 1. The molecule has 4 rings (SSSR count). The molecule has 0 bridgehead atoms. The molecule has 38 heavy (non-hydrogen) atoms. The highest BCUT2D eigenvalue weighted by Crippen LogP contribution is 2.28. The normalized spacial score (nSPS) is 15.9. The van der Waals surface area contributed by atoms with Crippen molar-refractivity contribution in [3.8, 4) is 5.75 Å². The Bertz CT molecular complexity index is 1260. The second kappa shape index (κ2) is 12.4. The third kappa shape index (κ3) is 6.54. The first-order valence-electron chi connectivity index (χ1n) is 12.4. The number of benzene rings is 2. The summed E-state index contributed by atoms with van der Waals surface area (Å²) in [5.41, 5.74) is 0.992. The van der Waals surface area contributed by atoms with Crippen LogP contribution in [0.15, 0.2) is 82.5 Å². The number of aliphatic hydroxyl groups excluding tert-OH is 1. The van der Waals surface area contributed by atoms with Gasteiger partial charge in [-0.05, 0) is 49.1 Å². The molecule has 11 heteroatoms. The van der Waals surface area contributed by atoms with Crippen LogP contribution in [0.4, 0.5) is 10.5 Å². The molecule has 1 aromatic heterocycles. The van der Waals surface area contributed by atoms with E-state index in [-0.39, 0.29) is 23.1 Å². The molecule has 204 valence electrons. The van der Waals surface area contributed by atoms with Crippen molar-refractivity contribution in [2.24, 2.45) is 0 Å². The van der Waals surface area contributed by atoms with Gasteiger partial charge in [0.05, 0.1) is 48.8 Å². The van der Waals surface area contributed by atoms with Gasteiger partial charge in [-0.2, -0.15) is 0 Å². The molecule has 0 saturated heterocycles. The molecule has 3 aromatic rings. The number of anilines is 1. The number of nitrogens with zero attached hydrogens (tertiary/aromatic N) is 2. The van der Waals surface area contributed by atoms with Gasteiger partial charge in [0.2, 0.25) is 0 Å². The van der Waals surface area contributed by atoms with E-state index in [9.17, 15) is 23.4 Å². The SMILES string of the molecule is COc1ccc(S(=O)(=O)N(C[C@H](O)[C@H](Cc2ccccc2)N(C(=O)O)c2ccoc2)OC2CCCC2)cc1. The molecule has 2 aromatic carbocycles. The van der Waals surface area contributed by atoms with Crippen LogP contribution in [0.5, 0.6) is 5.75 Å². The highest BCUT2D eigenvalue weighted by molar-refractivity contribution is 7.89. The minimum absolute atomic E-state index is 0.0342. The van der Waals surface area contributed by atoms with E-state index >= 15 is 0 Å². The molecule has 2 N–H and O–H groups in total. The predicted molar refractivity (Wildman–Crippen MR) is 139 cm³/mol. The van der Waals surface area contributed by atoms with Crippen LogP contribution in [-0.4, -0.2) is 61.1 Å². The number of carbonyl (C=O) groups is 1. The van der Waals surface area contributed by atoms with Crippen molar-refractivity contribution >= 4 is 21.8 Å². The number of ether oxygens (including phenoxy) is 1. The smallest absolute Gasteiger partial charge is 0.412 e. The van der Waals surface area contributed by atoms with E-state index < -0.39 is 34.8 Å². The molecule has 0 aliphatic heterocycles. The van der Waals surface area contributed by atoms with E-state index in [1.54, 1.807) is 0 Å². The van der Waals surface area contributed by atoms with Crippen LogP contribution >= 0.6 is 0 Å². The third-order valence-electron chi connectivity index (χ3n) is 6.58. The average molecular weight is 545 g/mol. The quantitative estimate of drug-likeness (QED) is 0.323. The van der Waals surface area contributed by atoms with E-state index in [0.29, 0.717) is 18.6 Å². The number of furan rings is 1. The highest BCUT2D eigenvalue weighted by atomic mass is 32.2. The van der Waals surface area contributed by atoms with Crippen LogP contribution in [0, 0.1) is 0 Å². The number of hydroxylamine groups is 1. The maximum Gasteiger partial charge on any atom is 0.412 e. The Hall–Kier alpha value is -3.38. The van der Waals surface area contributed by atoms with Crippen LogP contribution in [0.3, 0.4) is 0 Å². The summed E-state index contributed by atoms with van der Waals surface area (Å²) in [4.78, 5) is 19.3. The summed E-state index contributed by atoms with van der Waals surface area (Å²) in [5.74, 6) is 0.493. The molecular formula is C27H32N2O8S. The second-order valence-electron chi connectivity index (χ2n) is 9.14. The zero-order chi connectivity index (χ0) is 27.1. The van der Waals surface area contributed by atoms with E-state index in [1.807, 2.05) is 30.3 Å². The summed E-state index contributed by atoms with van der Waals surface area (Å²) < 4.78 is 38.4. The minimum Gasteiger partial charge on any atom is -0.497 e. The van der Waals surface area contributed by atoms with Gasteiger partial charge in [0.15, 0.2) is 0 Å². The maximum atomic E-state index is 13.7. The second-order valence-corrected chi connectivity index (χ2v) is 11.0. The summed E-state index contributed by atoms with van der Waals surface area (Å²) >= 11 is 0. The Morgan fingerprint density at radius 3 is 2.34 bits per heavy atom. The van der Waals surface area contributed by atoms with E-state index in [2.05, 4.69) is 0 Å². The maximum absolute atomic E-state index is 13.7. The molecule has 1 fully saturated rings. The van der Waals surface area contributed by atoms with Crippen molar-refractivity contribution in [3.63, 3.8) is 0 Å². The number of hydrogen-bond donors (Lipinski definition) is 2. The molecular weight excluding hydrogens is 512 g/mol. The summed E-state index contributed by atoms with van der Waals surface area (Å²) in [7, 11) is -2.72. The third-order valence-corrected chi connectivity index (χ3v) is 8.22. The van der Waals surface area contributed by atoms with Gasteiger partial charge in [0.25, 0.3) is 10.0 Å². The van der Waals surface area contributed by atoms with E-state index in [1.165, 1.54) is 50.0 Å². The van der Waals surface area contributed by atoms with Gasteiger partial charge in [0, 0.05) is 6.07 Å². The number of sulfonamides is 1. The van der Waals surface area contributed by atoms with Crippen LogP contribution < -0.4 is 9.64 Å². The highest BCUT2D eigenvalue weighted by Gasteiger charge is 2.38. The van der Waals surface area contributed by atoms with Crippen LogP contribution in [0.2, 0.25) is 0 Å². The number of hydrogen-bond acceptors (Lipinski definition) is 7. The first-order chi connectivity index (χ1) is 18.3. The lowest BCUT2D eigenvalue weighted by Crippen LogP contribution is -2.53. The Balaban J connectivity index is 1.67. The van der Waals surface area contributed by atoms with Crippen molar-refractivity contribution in [3.05, 3.63) is 78.8 Å². The topological polar surface area (TPSA) is 130 Å². The number of aliphatic hydroxyl groups is 1. The molecule has 2 atom stereocenters. The first kappa shape index (κ1) is 27.6. The fourth-order valence-electron chi connectivity index (χ4n) is 4.59. The van der Waals surface area contributed by atoms with E-state index in [0.717, 1.165) is 27.8 Å². The van der Waals surface area contributed by atoms with Crippen LogP contribution in [0.25, 0.3) is 0 Å². The van der Waals surface area contributed by atoms with Gasteiger partial charge in [-0.1, -0.05) is 47.6 Å². The van der Waals surface area contributed by atoms with E-state index in [4.69, 9.17) is 14.0 Å². The molecule has 1 aliphatic rings. The van der Waals surface area contributed by atoms with Crippen LogP contribution in [-0.2, 0) is 21.3 Å². The molecule has 1 saturated carbocycles. The summed E-state index contributed by atoms with van der Waals surface area (Å²) in [6.07, 6.45) is 2.83. The molecule has 0 unspecified atom stereocenters. The molecule has 1 aliphatic carbocycles. The van der Waals surface area contributed by atoms with Crippen molar-refractivity contribution in [1.82, 2.24) is 4.47 Å². The van der Waals surface area contributed by atoms with Crippen LogP contribution in [0.1, 0.15) is 31.2 Å². The molecule has 0 spiro atoms. The fraction of sp³-hybridized carbons (Fsp3) is 0.370. The minimum atomic E-state index is -4.20. The Kier molecular flexibility index (Phi) is 9.05. The van der Waals surface area contributed by atoms with Crippen molar-refractivity contribution in [2.45, 2.75) is 55.2 Å². The summed E-state index contributed by atoms with van der Waals surface area (Å²) in [6.45, 7) is -0.482. The summed E-state index contributed by atoms with van der Waals surface area (Å²) in [5, 5.41) is 21.6. The Morgan fingerprint density at radius 2 is 1.76 bits per heavy atom. The van der Waals surface area contributed by atoms with Gasteiger partial charge < -0.3 is 19.4 Å². The van der Waals surface area contributed by atoms with Gasteiger partial charge in [0.1, 0.15) is 12.0 Å². The monoisotopic (exact) mass is 544 g/mol. The molecule has 1 amide bonds. The molecule has 1 heterocycles. The Labute approximate surface area is 222 Å². The van der Waals surface area contributed by atoms with Gasteiger partial charge in [-0.15, -0.1) is 0 Å². The number of amides is 1. The zero-order valence-electron chi connectivity index (χ0n) is 21.0. The molecule has 0 radical (unpaired) electrons. The Morgan fingerprint density at radius 1 is 1.08 bits per heavy atom. The molecule has 10 nitrogen and oxygen atoms in total.